The lowest BCUT2D eigenvalue weighted by molar-refractivity contribution is 0.311. The van der Waals surface area contributed by atoms with Crippen LogP contribution in [0.4, 0.5) is 0 Å². The Labute approximate surface area is 129 Å². The van der Waals surface area contributed by atoms with Crippen LogP contribution in [0.15, 0.2) is 17.2 Å². The highest BCUT2D eigenvalue weighted by Crippen LogP contribution is 2.32. The molecule has 0 atom stereocenters. The standard InChI is InChI=1S/C13H18ClN3O2S/c1-4-15-13(20)17-16-8-9-6-12(19-5-2)11(18-3)7-10(9)14/h6-8H,4-5H2,1-3H3,(H2,15,17,20). The molecule has 0 saturated heterocycles. The Morgan fingerprint density at radius 2 is 2.15 bits per heavy atom. The first-order chi connectivity index (χ1) is 9.62. The van der Waals surface area contributed by atoms with Gasteiger partial charge in [-0.3, -0.25) is 5.43 Å². The van der Waals surface area contributed by atoms with E-state index in [4.69, 9.17) is 33.3 Å². The molecule has 0 aliphatic rings. The summed E-state index contributed by atoms with van der Waals surface area (Å²) in [5.41, 5.74) is 3.41. The fraction of sp³-hybridized carbons (Fsp3) is 0.385. The largest absolute Gasteiger partial charge is 0.493 e. The van der Waals surface area contributed by atoms with Crippen LogP contribution in [0.25, 0.3) is 0 Å². The number of methoxy groups -OCH3 is 1. The summed E-state index contributed by atoms with van der Waals surface area (Å²) in [7, 11) is 1.57. The van der Waals surface area contributed by atoms with Crippen molar-refractivity contribution in [2.75, 3.05) is 20.3 Å². The quantitative estimate of drug-likeness (QED) is 0.480. The van der Waals surface area contributed by atoms with Crippen LogP contribution in [0.3, 0.4) is 0 Å². The molecule has 7 heteroatoms. The highest BCUT2D eigenvalue weighted by Gasteiger charge is 2.09. The van der Waals surface area contributed by atoms with Crippen LogP contribution in [0.5, 0.6) is 11.5 Å². The van der Waals surface area contributed by atoms with E-state index in [2.05, 4.69) is 15.8 Å². The predicted octanol–water partition coefficient (Wildman–Crippen LogP) is 2.57. The second kappa shape index (κ2) is 8.60. The van der Waals surface area contributed by atoms with Crippen molar-refractivity contribution >= 4 is 35.1 Å². The maximum Gasteiger partial charge on any atom is 0.186 e. The number of hydrogen-bond donors (Lipinski definition) is 2. The van der Waals surface area contributed by atoms with Gasteiger partial charge in [0.15, 0.2) is 16.6 Å². The van der Waals surface area contributed by atoms with Crippen molar-refractivity contribution in [1.29, 1.82) is 0 Å². The number of ether oxygens (including phenoxy) is 2. The Morgan fingerprint density at radius 1 is 1.40 bits per heavy atom. The number of hydrazone groups is 1. The number of nitrogens with zero attached hydrogens (tertiary/aromatic N) is 1. The van der Waals surface area contributed by atoms with Gasteiger partial charge in [-0.15, -0.1) is 0 Å². The molecule has 2 N–H and O–H groups in total. The van der Waals surface area contributed by atoms with Crippen LogP contribution in [-0.4, -0.2) is 31.6 Å². The Balaban J connectivity index is 2.86. The molecule has 5 nitrogen and oxygen atoms in total. The summed E-state index contributed by atoms with van der Waals surface area (Å²) in [6.45, 7) is 5.13. The lowest BCUT2D eigenvalue weighted by atomic mass is 10.2. The van der Waals surface area contributed by atoms with Crippen LogP contribution >= 0.6 is 23.8 Å². The first kappa shape index (κ1) is 16.5. The van der Waals surface area contributed by atoms with Gasteiger partial charge in [0.2, 0.25) is 0 Å². The number of thiocarbonyl (C=S) groups is 1. The van der Waals surface area contributed by atoms with E-state index in [0.717, 1.165) is 6.54 Å². The summed E-state index contributed by atoms with van der Waals surface area (Å²) in [6.07, 6.45) is 1.58. The van der Waals surface area contributed by atoms with Crippen molar-refractivity contribution in [3.8, 4) is 11.5 Å². The molecule has 0 aliphatic carbocycles. The van der Waals surface area contributed by atoms with Crippen molar-refractivity contribution < 1.29 is 9.47 Å². The molecular weight excluding hydrogens is 298 g/mol. The van der Waals surface area contributed by atoms with Gasteiger partial charge in [-0.25, -0.2) is 0 Å². The topological polar surface area (TPSA) is 54.9 Å². The summed E-state index contributed by atoms with van der Waals surface area (Å²) < 4.78 is 10.7. The summed E-state index contributed by atoms with van der Waals surface area (Å²) >= 11 is 11.1. The minimum Gasteiger partial charge on any atom is -0.493 e. The van der Waals surface area contributed by atoms with E-state index in [1.165, 1.54) is 0 Å². The third kappa shape index (κ3) is 4.86. The number of nitrogens with one attached hydrogen (secondary N) is 2. The van der Waals surface area contributed by atoms with Gasteiger partial charge in [-0.1, -0.05) is 11.6 Å². The van der Waals surface area contributed by atoms with Gasteiger partial charge in [-0.2, -0.15) is 5.10 Å². The summed E-state index contributed by atoms with van der Waals surface area (Å²) in [5, 5.41) is 7.92. The van der Waals surface area contributed by atoms with E-state index >= 15 is 0 Å². The van der Waals surface area contributed by atoms with Crippen LogP contribution in [0.2, 0.25) is 5.02 Å². The highest BCUT2D eigenvalue weighted by atomic mass is 35.5. The molecule has 0 fully saturated rings. The maximum absolute atomic E-state index is 6.15. The summed E-state index contributed by atoms with van der Waals surface area (Å²) in [6, 6.07) is 3.46. The molecule has 0 aromatic heterocycles. The monoisotopic (exact) mass is 315 g/mol. The predicted molar refractivity (Wildman–Crippen MR) is 86.2 cm³/mol. The normalized spacial score (nSPS) is 10.4. The van der Waals surface area contributed by atoms with Crippen molar-refractivity contribution in [3.63, 3.8) is 0 Å². The fourth-order valence-electron chi connectivity index (χ4n) is 1.44. The molecule has 0 saturated carbocycles. The lowest BCUT2D eigenvalue weighted by Crippen LogP contribution is -2.31. The number of halogens is 1. The van der Waals surface area contributed by atoms with Crippen molar-refractivity contribution in [2.45, 2.75) is 13.8 Å². The van der Waals surface area contributed by atoms with Gasteiger partial charge < -0.3 is 14.8 Å². The Hall–Kier alpha value is -1.53. The van der Waals surface area contributed by atoms with Gasteiger partial charge in [0.05, 0.1) is 25.0 Å². The molecule has 0 bridgehead atoms. The molecular formula is C13H18ClN3O2S. The third-order valence-corrected chi connectivity index (χ3v) is 2.85. The van der Waals surface area contributed by atoms with Crippen LogP contribution in [0, 0.1) is 0 Å². The second-order valence-electron chi connectivity index (χ2n) is 3.69. The Bertz CT molecular complexity index is 495. The van der Waals surface area contributed by atoms with Crippen LogP contribution in [-0.2, 0) is 0 Å². The zero-order valence-electron chi connectivity index (χ0n) is 11.7. The number of hydrogen-bond acceptors (Lipinski definition) is 4. The Kier molecular flexibility index (Phi) is 7.11. The summed E-state index contributed by atoms with van der Waals surface area (Å²) in [5.74, 6) is 1.21. The van der Waals surface area contributed by atoms with Gasteiger partial charge >= 0.3 is 0 Å². The van der Waals surface area contributed by atoms with E-state index < -0.39 is 0 Å². The average Bonchev–Trinajstić information content (AvgIpc) is 2.42. The number of benzene rings is 1. The molecule has 0 amide bonds. The van der Waals surface area contributed by atoms with E-state index in [0.29, 0.717) is 33.8 Å². The minimum atomic E-state index is 0.457. The minimum absolute atomic E-state index is 0.457. The highest BCUT2D eigenvalue weighted by molar-refractivity contribution is 7.80. The zero-order chi connectivity index (χ0) is 15.0. The molecule has 0 aliphatic heterocycles. The SMILES string of the molecule is CCNC(=S)NN=Cc1cc(OCC)c(OC)cc1Cl. The lowest BCUT2D eigenvalue weighted by Gasteiger charge is -2.11. The third-order valence-electron chi connectivity index (χ3n) is 2.29. The van der Waals surface area contributed by atoms with Crippen LogP contribution < -0.4 is 20.2 Å². The van der Waals surface area contributed by atoms with Gasteiger partial charge in [0.1, 0.15) is 0 Å². The van der Waals surface area contributed by atoms with E-state index in [9.17, 15) is 0 Å². The van der Waals surface area contributed by atoms with E-state index in [1.54, 1.807) is 25.5 Å². The zero-order valence-corrected chi connectivity index (χ0v) is 13.3. The van der Waals surface area contributed by atoms with Gasteiger partial charge in [0.25, 0.3) is 0 Å². The van der Waals surface area contributed by atoms with E-state index in [-0.39, 0.29) is 0 Å². The first-order valence-corrected chi connectivity index (χ1v) is 6.98. The molecule has 1 rings (SSSR count). The van der Waals surface area contributed by atoms with Crippen LogP contribution in [0.1, 0.15) is 19.4 Å². The first-order valence-electron chi connectivity index (χ1n) is 6.19. The molecule has 20 heavy (non-hydrogen) atoms. The van der Waals surface area contributed by atoms with Gasteiger partial charge in [-0.05, 0) is 32.1 Å². The molecule has 1 aromatic rings. The average molecular weight is 316 g/mol. The van der Waals surface area contributed by atoms with Gasteiger partial charge in [0, 0.05) is 18.2 Å². The molecule has 0 radical (unpaired) electrons. The Morgan fingerprint density at radius 3 is 2.75 bits per heavy atom. The molecule has 110 valence electrons. The smallest absolute Gasteiger partial charge is 0.186 e. The maximum atomic E-state index is 6.15. The fourth-order valence-corrected chi connectivity index (χ4v) is 1.84. The van der Waals surface area contributed by atoms with Crippen molar-refractivity contribution in [2.24, 2.45) is 5.10 Å². The van der Waals surface area contributed by atoms with Crippen molar-refractivity contribution in [1.82, 2.24) is 10.7 Å². The molecule has 0 spiro atoms. The summed E-state index contributed by atoms with van der Waals surface area (Å²) in [4.78, 5) is 0. The molecule has 1 aromatic carbocycles. The van der Waals surface area contributed by atoms with E-state index in [1.807, 2.05) is 13.8 Å². The van der Waals surface area contributed by atoms with Crippen molar-refractivity contribution in [3.05, 3.63) is 22.7 Å². The number of rotatable bonds is 6. The second-order valence-corrected chi connectivity index (χ2v) is 4.50. The molecule has 0 unspecified atom stereocenters. The molecule has 0 heterocycles.